The molecule has 1 amide bonds. The van der Waals surface area contributed by atoms with Crippen LogP contribution in [-0.2, 0) is 0 Å². The zero-order valence-electron chi connectivity index (χ0n) is 19.0. The van der Waals surface area contributed by atoms with E-state index >= 15 is 0 Å². The molecule has 4 rings (SSSR count). The lowest BCUT2D eigenvalue weighted by Crippen LogP contribution is -2.37. The van der Waals surface area contributed by atoms with Crippen molar-refractivity contribution in [2.24, 2.45) is 0 Å². The quantitative estimate of drug-likeness (QED) is 0.256. The summed E-state index contributed by atoms with van der Waals surface area (Å²) in [4.78, 5) is 30.1. The van der Waals surface area contributed by atoms with E-state index in [9.17, 15) is 14.9 Å². The highest BCUT2D eigenvalue weighted by atomic mass is 16.6. The topological polar surface area (TPSA) is 169 Å². The van der Waals surface area contributed by atoms with Crippen LogP contribution in [0.2, 0.25) is 0 Å². The van der Waals surface area contributed by atoms with Gasteiger partial charge in [-0.1, -0.05) is 0 Å². The number of benzene rings is 1. The summed E-state index contributed by atoms with van der Waals surface area (Å²) >= 11 is 0. The van der Waals surface area contributed by atoms with Gasteiger partial charge in [0.15, 0.2) is 0 Å². The van der Waals surface area contributed by atoms with Crippen molar-refractivity contribution in [2.75, 3.05) is 17.2 Å². The number of nitrogens with one attached hydrogen (secondary N) is 3. The third-order valence-electron chi connectivity index (χ3n) is 5.65. The predicted octanol–water partition coefficient (Wildman–Crippen LogP) is 4.22. The van der Waals surface area contributed by atoms with Crippen molar-refractivity contribution in [3.8, 4) is 5.75 Å². The maximum Gasteiger partial charge on any atom is 0.404 e. The van der Waals surface area contributed by atoms with Crippen LogP contribution in [0.3, 0.4) is 0 Å². The highest BCUT2D eigenvalue weighted by molar-refractivity contribution is 5.67. The van der Waals surface area contributed by atoms with Crippen LogP contribution in [0.1, 0.15) is 38.6 Å². The number of ether oxygens (including phenoxy) is 1. The zero-order valence-corrected chi connectivity index (χ0v) is 19.0. The molecule has 13 nitrogen and oxygen atoms in total. The Labute approximate surface area is 200 Å². The van der Waals surface area contributed by atoms with Crippen LogP contribution in [0, 0.1) is 10.1 Å². The zero-order chi connectivity index (χ0) is 24.8. The molecule has 1 aliphatic rings. The van der Waals surface area contributed by atoms with E-state index in [0.29, 0.717) is 23.7 Å². The Morgan fingerprint density at radius 2 is 1.91 bits per heavy atom. The van der Waals surface area contributed by atoms with Crippen molar-refractivity contribution < 1.29 is 19.6 Å². The summed E-state index contributed by atoms with van der Waals surface area (Å²) in [5.74, 6) is 0.924. The number of amides is 1. The van der Waals surface area contributed by atoms with Crippen LogP contribution in [0.5, 0.6) is 5.75 Å². The van der Waals surface area contributed by atoms with Crippen molar-refractivity contribution in [2.45, 2.75) is 44.7 Å². The van der Waals surface area contributed by atoms with Crippen molar-refractivity contribution in [3.63, 3.8) is 0 Å². The van der Waals surface area contributed by atoms with Crippen molar-refractivity contribution >= 4 is 34.9 Å². The maximum atomic E-state index is 11.5. The molecule has 3 aromatic rings. The molecule has 0 bridgehead atoms. The summed E-state index contributed by atoms with van der Waals surface area (Å²) in [5, 5.41) is 33.3. The van der Waals surface area contributed by atoms with Crippen LogP contribution in [0.15, 0.2) is 42.9 Å². The first-order valence-corrected chi connectivity index (χ1v) is 11.2. The number of aromatic nitrogens is 4. The molecule has 1 aromatic carbocycles. The van der Waals surface area contributed by atoms with E-state index in [1.165, 1.54) is 0 Å². The van der Waals surface area contributed by atoms with Crippen LogP contribution in [0.4, 0.5) is 33.6 Å². The molecular formula is C22H26N8O5. The Hall–Kier alpha value is -4.42. The van der Waals surface area contributed by atoms with E-state index in [4.69, 9.17) is 9.84 Å². The monoisotopic (exact) mass is 482 g/mol. The molecule has 0 aliphatic heterocycles. The van der Waals surface area contributed by atoms with Gasteiger partial charge in [-0.3, -0.25) is 14.8 Å². The fraction of sp³-hybridized carbons (Fsp3) is 0.364. The van der Waals surface area contributed by atoms with Gasteiger partial charge in [0.05, 0.1) is 29.5 Å². The van der Waals surface area contributed by atoms with Crippen molar-refractivity contribution in [1.29, 1.82) is 0 Å². The Morgan fingerprint density at radius 3 is 2.57 bits per heavy atom. The number of carbonyl (C=O) groups is 1. The summed E-state index contributed by atoms with van der Waals surface area (Å²) in [6.07, 6.45) is 6.68. The first-order chi connectivity index (χ1) is 16.9. The second-order valence-corrected chi connectivity index (χ2v) is 8.06. The SMILES string of the molecule is CCOc1ccc(Nc2nc(Nc3cnn(C4CCC(NC(=O)O)CC4)c3)ncc2[N+](=O)[O-])cc1. The van der Waals surface area contributed by atoms with Gasteiger partial charge in [0, 0.05) is 17.9 Å². The molecule has 0 unspecified atom stereocenters. The van der Waals surface area contributed by atoms with Gasteiger partial charge in [-0.15, -0.1) is 0 Å². The van der Waals surface area contributed by atoms with Crippen molar-refractivity contribution in [1.82, 2.24) is 25.1 Å². The number of rotatable bonds is 9. The van der Waals surface area contributed by atoms with Gasteiger partial charge in [-0.25, -0.2) is 9.78 Å². The Kier molecular flexibility index (Phi) is 7.24. The number of nitro groups is 1. The molecule has 0 saturated heterocycles. The normalized spacial score (nSPS) is 17.4. The molecule has 184 valence electrons. The van der Waals surface area contributed by atoms with E-state index in [1.807, 2.05) is 17.8 Å². The van der Waals surface area contributed by atoms with Gasteiger partial charge in [0.2, 0.25) is 11.8 Å². The van der Waals surface area contributed by atoms with Gasteiger partial charge >= 0.3 is 11.8 Å². The molecule has 2 aromatic heterocycles. The smallest absolute Gasteiger partial charge is 0.404 e. The summed E-state index contributed by atoms with van der Waals surface area (Å²) in [7, 11) is 0. The molecule has 1 fully saturated rings. The minimum Gasteiger partial charge on any atom is -0.494 e. The summed E-state index contributed by atoms with van der Waals surface area (Å²) in [5.41, 5.74) is 0.991. The predicted molar refractivity (Wildman–Crippen MR) is 128 cm³/mol. The Balaban J connectivity index is 1.44. The largest absolute Gasteiger partial charge is 0.494 e. The summed E-state index contributed by atoms with van der Waals surface area (Å²) in [6.45, 7) is 2.43. The number of hydrogen-bond acceptors (Lipinski definition) is 9. The van der Waals surface area contributed by atoms with Crippen LogP contribution < -0.4 is 20.7 Å². The fourth-order valence-corrected chi connectivity index (χ4v) is 3.99. The molecule has 13 heteroatoms. The molecular weight excluding hydrogens is 456 g/mol. The summed E-state index contributed by atoms with van der Waals surface area (Å²) in [6, 6.07) is 7.14. The molecule has 4 N–H and O–H groups in total. The van der Waals surface area contributed by atoms with Gasteiger partial charge in [-0.05, 0) is 56.9 Å². The Morgan fingerprint density at radius 1 is 1.17 bits per heavy atom. The number of hydrogen-bond donors (Lipinski definition) is 4. The number of nitrogens with zero attached hydrogens (tertiary/aromatic N) is 5. The molecule has 1 saturated carbocycles. The maximum absolute atomic E-state index is 11.5. The average Bonchev–Trinajstić information content (AvgIpc) is 3.29. The second-order valence-electron chi connectivity index (χ2n) is 8.06. The minimum absolute atomic E-state index is 0.0355. The molecule has 1 aliphatic carbocycles. The lowest BCUT2D eigenvalue weighted by Gasteiger charge is -2.28. The lowest BCUT2D eigenvalue weighted by molar-refractivity contribution is -0.384. The van der Waals surface area contributed by atoms with Crippen molar-refractivity contribution in [3.05, 3.63) is 53.0 Å². The first-order valence-electron chi connectivity index (χ1n) is 11.2. The third-order valence-corrected chi connectivity index (χ3v) is 5.65. The second kappa shape index (κ2) is 10.7. The third kappa shape index (κ3) is 6.13. The first kappa shape index (κ1) is 23.7. The van der Waals surface area contributed by atoms with Crippen LogP contribution >= 0.6 is 0 Å². The van der Waals surface area contributed by atoms with Gasteiger partial charge in [0.25, 0.3) is 0 Å². The van der Waals surface area contributed by atoms with E-state index < -0.39 is 11.0 Å². The van der Waals surface area contributed by atoms with E-state index in [-0.39, 0.29) is 29.5 Å². The fourth-order valence-electron chi connectivity index (χ4n) is 3.99. The van der Waals surface area contributed by atoms with Gasteiger partial charge < -0.3 is 25.8 Å². The summed E-state index contributed by atoms with van der Waals surface area (Å²) < 4.78 is 7.26. The highest BCUT2D eigenvalue weighted by Crippen LogP contribution is 2.30. The van der Waals surface area contributed by atoms with E-state index in [2.05, 4.69) is 31.0 Å². The molecule has 0 atom stereocenters. The average molecular weight is 483 g/mol. The van der Waals surface area contributed by atoms with Gasteiger partial charge in [0.1, 0.15) is 11.9 Å². The van der Waals surface area contributed by atoms with Crippen LogP contribution in [-0.4, -0.2) is 48.5 Å². The molecule has 0 spiro atoms. The van der Waals surface area contributed by atoms with E-state index in [1.54, 1.807) is 30.5 Å². The number of carboxylic acid groups (broad SMARTS) is 1. The highest BCUT2D eigenvalue weighted by Gasteiger charge is 2.24. The standard InChI is InChI=1S/C22H26N8O5/c1-2-35-18-9-5-14(6-10-18)25-20-19(30(33)34)12-23-21(28-20)26-16-11-24-29(13-16)17-7-3-15(4-8-17)27-22(31)32/h5-6,9-13,15,17,27H,2-4,7-8H2,1H3,(H,31,32)(H2,23,25,26,28). The van der Waals surface area contributed by atoms with Crippen LogP contribution in [0.25, 0.3) is 0 Å². The lowest BCUT2D eigenvalue weighted by atomic mass is 9.91. The minimum atomic E-state index is -1.00. The molecule has 2 heterocycles. The Bertz CT molecular complexity index is 1170. The number of anilines is 4. The van der Waals surface area contributed by atoms with E-state index in [0.717, 1.165) is 31.9 Å². The molecule has 35 heavy (non-hydrogen) atoms. The van der Waals surface area contributed by atoms with Gasteiger partial charge in [-0.2, -0.15) is 10.1 Å². The molecule has 0 radical (unpaired) electrons.